The van der Waals surface area contributed by atoms with Gasteiger partial charge >= 0.3 is 0 Å². The topological polar surface area (TPSA) is 89.4 Å². The van der Waals surface area contributed by atoms with Crippen molar-refractivity contribution in [3.8, 4) is 0 Å². The lowest BCUT2D eigenvalue weighted by atomic mass is 9.91. The van der Waals surface area contributed by atoms with Crippen LogP contribution in [0.2, 0.25) is 0 Å². The molecule has 2 N–H and O–H groups in total. The van der Waals surface area contributed by atoms with Crippen molar-refractivity contribution in [1.29, 1.82) is 0 Å². The van der Waals surface area contributed by atoms with Crippen LogP contribution in [-0.2, 0) is 16.0 Å². The van der Waals surface area contributed by atoms with Gasteiger partial charge < -0.3 is 25.0 Å². The summed E-state index contributed by atoms with van der Waals surface area (Å²) in [6, 6.07) is 22.4. The number of piperidine rings is 1. The number of anilines is 1. The SMILES string of the molecule is CC.COCC1CCC(n2cnc3c(NCC(c4ccccc4)c4ccccc4)nc(CNC4CCN(C(C)C)CC4)nc32)O1. The normalized spacial score (nSPS) is 19.3. The molecule has 6 rings (SSSR count). The van der Waals surface area contributed by atoms with Crippen molar-refractivity contribution in [3.63, 3.8) is 0 Å². The number of hydrogen-bond donors (Lipinski definition) is 2. The average Bonchev–Trinajstić information content (AvgIpc) is 3.73. The number of benzene rings is 2. The molecule has 4 heterocycles. The molecule has 0 spiro atoms. The van der Waals surface area contributed by atoms with Crippen molar-refractivity contribution < 1.29 is 9.47 Å². The Kier molecular flexibility index (Phi) is 11.9. The van der Waals surface area contributed by atoms with Gasteiger partial charge in [0.2, 0.25) is 0 Å². The van der Waals surface area contributed by atoms with E-state index in [0.29, 0.717) is 31.8 Å². The maximum Gasteiger partial charge on any atom is 0.167 e. The number of rotatable bonds is 12. The predicted molar refractivity (Wildman–Crippen MR) is 181 cm³/mol. The number of fused-ring (bicyclic) bond motifs is 1. The zero-order valence-electron chi connectivity index (χ0n) is 27.7. The van der Waals surface area contributed by atoms with Crippen molar-refractivity contribution in [2.45, 2.75) is 90.3 Å². The van der Waals surface area contributed by atoms with Crippen LogP contribution < -0.4 is 10.6 Å². The van der Waals surface area contributed by atoms with Gasteiger partial charge in [0, 0.05) is 31.7 Å². The minimum absolute atomic E-state index is 0.0854. The molecule has 45 heavy (non-hydrogen) atoms. The number of nitrogens with one attached hydrogen (secondary N) is 2. The van der Waals surface area contributed by atoms with Gasteiger partial charge in [-0.25, -0.2) is 15.0 Å². The molecule has 2 fully saturated rings. The molecule has 2 atom stereocenters. The monoisotopic (exact) mass is 613 g/mol. The molecule has 0 bridgehead atoms. The molecule has 0 aliphatic carbocycles. The molecule has 2 aromatic carbocycles. The van der Waals surface area contributed by atoms with Crippen molar-refractivity contribution in [2.75, 3.05) is 38.7 Å². The lowest BCUT2D eigenvalue weighted by molar-refractivity contribution is -0.0300. The van der Waals surface area contributed by atoms with Crippen LogP contribution in [0.4, 0.5) is 5.82 Å². The van der Waals surface area contributed by atoms with Gasteiger partial charge in [-0.2, -0.15) is 0 Å². The number of methoxy groups -OCH3 is 1. The Bertz CT molecular complexity index is 1400. The number of aromatic nitrogens is 4. The van der Waals surface area contributed by atoms with E-state index < -0.39 is 0 Å². The molecular weight excluding hydrogens is 562 g/mol. The minimum Gasteiger partial charge on any atom is -0.382 e. The molecule has 0 amide bonds. The molecule has 2 aliphatic rings. The summed E-state index contributed by atoms with van der Waals surface area (Å²) in [7, 11) is 1.72. The molecule has 9 nitrogen and oxygen atoms in total. The summed E-state index contributed by atoms with van der Waals surface area (Å²) in [4.78, 5) is 17.5. The molecular formula is C36H51N7O2. The molecule has 2 aromatic heterocycles. The first-order valence-corrected chi connectivity index (χ1v) is 16.8. The highest BCUT2D eigenvalue weighted by Crippen LogP contribution is 2.32. The lowest BCUT2D eigenvalue weighted by Gasteiger charge is -2.34. The summed E-state index contributed by atoms with van der Waals surface area (Å²) in [5, 5.41) is 7.45. The summed E-state index contributed by atoms with van der Waals surface area (Å²) >= 11 is 0. The van der Waals surface area contributed by atoms with E-state index in [-0.39, 0.29) is 18.2 Å². The summed E-state index contributed by atoms with van der Waals surface area (Å²) < 4.78 is 13.8. The molecule has 0 radical (unpaired) electrons. The highest BCUT2D eigenvalue weighted by Gasteiger charge is 2.29. The van der Waals surface area contributed by atoms with E-state index in [1.807, 2.05) is 20.2 Å². The second kappa shape index (κ2) is 16.3. The molecule has 2 saturated heterocycles. The van der Waals surface area contributed by atoms with Crippen LogP contribution in [0.15, 0.2) is 67.0 Å². The number of ether oxygens (including phenoxy) is 2. The van der Waals surface area contributed by atoms with Crippen LogP contribution in [0, 0.1) is 0 Å². The first-order chi connectivity index (χ1) is 22.1. The zero-order chi connectivity index (χ0) is 31.6. The fraction of sp³-hybridized carbons (Fsp3) is 0.528. The summed E-state index contributed by atoms with van der Waals surface area (Å²) in [6.45, 7) is 12.7. The number of imidazole rings is 1. The largest absolute Gasteiger partial charge is 0.382 e. The predicted octanol–water partition coefficient (Wildman–Crippen LogP) is 6.38. The molecule has 242 valence electrons. The van der Waals surface area contributed by atoms with Crippen LogP contribution in [0.3, 0.4) is 0 Å². The lowest BCUT2D eigenvalue weighted by Crippen LogP contribution is -2.44. The minimum atomic E-state index is -0.115. The van der Waals surface area contributed by atoms with Crippen LogP contribution in [0.25, 0.3) is 11.2 Å². The number of hydrogen-bond acceptors (Lipinski definition) is 8. The Labute approximate surface area is 268 Å². The third-order valence-corrected chi connectivity index (χ3v) is 8.90. The fourth-order valence-electron chi connectivity index (χ4n) is 6.43. The van der Waals surface area contributed by atoms with Gasteiger partial charge in [-0.1, -0.05) is 74.5 Å². The highest BCUT2D eigenvalue weighted by molar-refractivity contribution is 5.83. The Balaban J connectivity index is 0.00000196. The van der Waals surface area contributed by atoms with Crippen molar-refractivity contribution in [2.24, 2.45) is 0 Å². The first kappa shape index (κ1) is 33.0. The van der Waals surface area contributed by atoms with E-state index in [2.05, 4.69) is 94.6 Å². The summed E-state index contributed by atoms with van der Waals surface area (Å²) in [5.41, 5.74) is 4.10. The molecule has 2 unspecified atom stereocenters. The van der Waals surface area contributed by atoms with Crippen LogP contribution in [0.1, 0.15) is 82.5 Å². The maximum absolute atomic E-state index is 6.33. The van der Waals surface area contributed by atoms with E-state index in [9.17, 15) is 0 Å². The first-order valence-electron chi connectivity index (χ1n) is 16.8. The Morgan fingerprint density at radius 3 is 2.20 bits per heavy atom. The zero-order valence-corrected chi connectivity index (χ0v) is 27.7. The van der Waals surface area contributed by atoms with Crippen molar-refractivity contribution in [1.82, 2.24) is 29.7 Å². The van der Waals surface area contributed by atoms with E-state index in [0.717, 1.165) is 61.6 Å². The third-order valence-electron chi connectivity index (χ3n) is 8.90. The third kappa shape index (κ3) is 8.27. The van der Waals surface area contributed by atoms with Gasteiger partial charge in [-0.15, -0.1) is 0 Å². The van der Waals surface area contributed by atoms with Gasteiger partial charge in [0.15, 0.2) is 17.0 Å². The molecule has 0 saturated carbocycles. The molecule has 2 aliphatic heterocycles. The number of likely N-dealkylation sites (tertiary alicyclic amines) is 1. The fourth-order valence-corrected chi connectivity index (χ4v) is 6.43. The average molecular weight is 614 g/mol. The van der Waals surface area contributed by atoms with Gasteiger partial charge in [-0.05, 0) is 63.7 Å². The molecule has 4 aromatic rings. The van der Waals surface area contributed by atoms with Gasteiger partial charge in [0.25, 0.3) is 0 Å². The second-order valence-corrected chi connectivity index (χ2v) is 12.1. The van der Waals surface area contributed by atoms with Gasteiger partial charge in [0.1, 0.15) is 12.1 Å². The van der Waals surface area contributed by atoms with Crippen molar-refractivity contribution >= 4 is 17.0 Å². The van der Waals surface area contributed by atoms with Crippen LogP contribution >= 0.6 is 0 Å². The van der Waals surface area contributed by atoms with Crippen LogP contribution in [0.5, 0.6) is 0 Å². The van der Waals surface area contributed by atoms with E-state index in [1.54, 1.807) is 7.11 Å². The van der Waals surface area contributed by atoms with Crippen LogP contribution in [-0.4, -0.2) is 76.0 Å². The Morgan fingerprint density at radius 2 is 1.58 bits per heavy atom. The standard InChI is InChI=1S/C34H45N7O2.C2H6/c1-24(2)40-18-16-27(17-19-40)35-21-30-38-33(32-34(39-30)41(23-37-32)31-15-14-28(43-31)22-42-3)36-20-29(25-10-6-4-7-11-25)26-12-8-5-9-13-26;1-2/h4-13,23-24,27-29,31,35H,14-22H2,1-3H3,(H,36,38,39);1-2H3. The molecule has 9 heteroatoms. The maximum atomic E-state index is 6.33. The number of nitrogens with zero attached hydrogens (tertiary/aromatic N) is 5. The summed E-state index contributed by atoms with van der Waals surface area (Å²) in [6.07, 6.45) is 5.95. The second-order valence-electron chi connectivity index (χ2n) is 12.1. The van der Waals surface area contributed by atoms with Gasteiger partial charge in [0.05, 0.1) is 25.6 Å². The van der Waals surface area contributed by atoms with E-state index >= 15 is 0 Å². The quantitative estimate of drug-likeness (QED) is 0.190. The van der Waals surface area contributed by atoms with Gasteiger partial charge in [-0.3, -0.25) is 4.57 Å². The Hall–Kier alpha value is -3.37. The Morgan fingerprint density at radius 1 is 0.911 bits per heavy atom. The summed E-state index contributed by atoms with van der Waals surface area (Å²) in [5.74, 6) is 1.69. The highest BCUT2D eigenvalue weighted by atomic mass is 16.5. The van der Waals surface area contributed by atoms with E-state index in [4.69, 9.17) is 24.4 Å². The van der Waals surface area contributed by atoms with Crippen molar-refractivity contribution in [3.05, 3.63) is 83.9 Å². The smallest absolute Gasteiger partial charge is 0.167 e. The van der Waals surface area contributed by atoms with E-state index in [1.165, 1.54) is 11.1 Å².